The van der Waals surface area contributed by atoms with Crippen molar-refractivity contribution in [2.75, 3.05) is 12.4 Å². The molecule has 2 aromatic rings. The Morgan fingerprint density at radius 2 is 1.78 bits per heavy atom. The molecular weight excluding hydrogens is 318 g/mol. The van der Waals surface area contributed by atoms with Gasteiger partial charge < -0.3 is 5.32 Å². The van der Waals surface area contributed by atoms with Crippen LogP contribution < -0.4 is 10.0 Å². The molecule has 0 amide bonds. The third kappa shape index (κ3) is 3.85. The van der Waals surface area contributed by atoms with Crippen LogP contribution in [0.4, 0.5) is 17.1 Å². The Kier molecular flexibility index (Phi) is 4.97. The van der Waals surface area contributed by atoms with Crippen LogP contribution in [0, 0.1) is 10.1 Å². The van der Waals surface area contributed by atoms with Crippen LogP contribution in [0.25, 0.3) is 0 Å². The van der Waals surface area contributed by atoms with Gasteiger partial charge in [-0.05, 0) is 43.3 Å². The summed E-state index contributed by atoms with van der Waals surface area (Å²) >= 11 is 0. The average Bonchev–Trinajstić information content (AvgIpc) is 2.55. The maximum Gasteiger partial charge on any atom is 0.294 e. The maximum atomic E-state index is 11.8. The standard InChI is InChI=1S/C15H17N3O4S/c1-3-11-4-6-12(7-5-11)17-14-9-8-13(23(21,22)16-2)10-15(14)18(19)20/h4-10,16-17H,3H2,1-2H3. The van der Waals surface area contributed by atoms with Crippen molar-refractivity contribution < 1.29 is 13.3 Å². The van der Waals surface area contributed by atoms with Crippen LogP contribution in [-0.2, 0) is 16.4 Å². The molecule has 0 fully saturated rings. The Bertz CT molecular complexity index is 817. The van der Waals surface area contributed by atoms with Gasteiger partial charge in [0.1, 0.15) is 5.69 Å². The summed E-state index contributed by atoms with van der Waals surface area (Å²) in [6, 6.07) is 11.2. The molecule has 0 heterocycles. The van der Waals surface area contributed by atoms with Gasteiger partial charge in [-0.2, -0.15) is 0 Å². The number of nitro benzene ring substituents is 1. The predicted octanol–water partition coefficient (Wildman–Crippen LogP) is 2.81. The van der Waals surface area contributed by atoms with Gasteiger partial charge in [0.2, 0.25) is 10.0 Å². The molecule has 0 aliphatic heterocycles. The molecular formula is C15H17N3O4S. The molecule has 0 atom stereocenters. The van der Waals surface area contributed by atoms with E-state index in [9.17, 15) is 18.5 Å². The molecule has 0 saturated carbocycles. The molecule has 0 bridgehead atoms. The maximum absolute atomic E-state index is 11.8. The van der Waals surface area contributed by atoms with Crippen molar-refractivity contribution in [3.8, 4) is 0 Å². The lowest BCUT2D eigenvalue weighted by Crippen LogP contribution is -2.18. The van der Waals surface area contributed by atoms with E-state index in [-0.39, 0.29) is 16.3 Å². The highest BCUT2D eigenvalue weighted by Crippen LogP contribution is 2.30. The van der Waals surface area contributed by atoms with Crippen molar-refractivity contribution in [2.24, 2.45) is 0 Å². The molecule has 0 aliphatic carbocycles. The van der Waals surface area contributed by atoms with Gasteiger partial charge in [0.25, 0.3) is 5.69 Å². The number of nitro groups is 1. The summed E-state index contributed by atoms with van der Waals surface area (Å²) < 4.78 is 25.7. The Balaban J connectivity index is 2.40. The van der Waals surface area contributed by atoms with Crippen LogP contribution in [0.1, 0.15) is 12.5 Å². The van der Waals surface area contributed by atoms with Crippen molar-refractivity contribution in [1.29, 1.82) is 0 Å². The molecule has 7 nitrogen and oxygen atoms in total. The van der Waals surface area contributed by atoms with Crippen molar-refractivity contribution >= 4 is 27.1 Å². The predicted molar refractivity (Wildman–Crippen MR) is 88.4 cm³/mol. The molecule has 2 rings (SSSR count). The van der Waals surface area contributed by atoms with E-state index in [1.54, 1.807) is 0 Å². The summed E-state index contributed by atoms with van der Waals surface area (Å²) in [6.07, 6.45) is 0.900. The third-order valence-electron chi connectivity index (χ3n) is 3.39. The van der Waals surface area contributed by atoms with Gasteiger partial charge in [-0.3, -0.25) is 10.1 Å². The van der Waals surface area contributed by atoms with E-state index in [4.69, 9.17) is 0 Å². The van der Waals surface area contributed by atoms with E-state index in [1.807, 2.05) is 31.2 Å². The average molecular weight is 335 g/mol. The number of aryl methyl sites for hydroxylation is 1. The summed E-state index contributed by atoms with van der Waals surface area (Å²) in [7, 11) is -2.48. The number of rotatable bonds is 6. The topological polar surface area (TPSA) is 101 Å². The van der Waals surface area contributed by atoms with Gasteiger partial charge in [-0.15, -0.1) is 0 Å². The summed E-state index contributed by atoms with van der Waals surface area (Å²) in [4.78, 5) is 10.5. The molecule has 23 heavy (non-hydrogen) atoms. The first kappa shape index (κ1) is 16.9. The van der Waals surface area contributed by atoms with E-state index in [1.165, 1.54) is 19.2 Å². The van der Waals surface area contributed by atoms with Crippen LogP contribution in [0.2, 0.25) is 0 Å². The third-order valence-corrected chi connectivity index (χ3v) is 4.80. The van der Waals surface area contributed by atoms with Gasteiger partial charge in [-0.25, -0.2) is 13.1 Å². The molecule has 8 heteroatoms. The van der Waals surface area contributed by atoms with E-state index in [0.717, 1.165) is 18.1 Å². The van der Waals surface area contributed by atoms with Crippen molar-refractivity contribution in [3.63, 3.8) is 0 Å². The first-order chi connectivity index (χ1) is 10.9. The summed E-state index contributed by atoms with van der Waals surface area (Å²) in [5, 5.41) is 14.2. The van der Waals surface area contributed by atoms with Crippen molar-refractivity contribution in [3.05, 3.63) is 58.1 Å². The molecule has 2 N–H and O–H groups in total. The van der Waals surface area contributed by atoms with Crippen LogP contribution in [0.3, 0.4) is 0 Å². The number of benzene rings is 2. The number of sulfonamides is 1. The van der Waals surface area contributed by atoms with Gasteiger partial charge >= 0.3 is 0 Å². The smallest absolute Gasteiger partial charge is 0.294 e. The van der Waals surface area contributed by atoms with Crippen LogP contribution in [0.5, 0.6) is 0 Å². The second-order valence-electron chi connectivity index (χ2n) is 4.82. The zero-order valence-corrected chi connectivity index (χ0v) is 13.6. The second kappa shape index (κ2) is 6.76. The Morgan fingerprint density at radius 3 is 2.30 bits per heavy atom. The lowest BCUT2D eigenvalue weighted by atomic mass is 10.1. The minimum atomic E-state index is -3.74. The first-order valence-electron chi connectivity index (χ1n) is 6.95. The van der Waals surface area contributed by atoms with Gasteiger partial charge in [0, 0.05) is 11.8 Å². The fourth-order valence-corrected chi connectivity index (χ4v) is 2.78. The van der Waals surface area contributed by atoms with Crippen LogP contribution in [-0.4, -0.2) is 20.4 Å². The number of hydrogen-bond donors (Lipinski definition) is 2. The number of nitrogens with one attached hydrogen (secondary N) is 2. The molecule has 0 spiro atoms. The normalized spacial score (nSPS) is 11.2. The molecule has 0 saturated heterocycles. The van der Waals surface area contributed by atoms with Crippen LogP contribution in [0.15, 0.2) is 47.4 Å². The highest BCUT2D eigenvalue weighted by atomic mass is 32.2. The molecule has 2 aromatic carbocycles. The molecule has 0 radical (unpaired) electrons. The quantitative estimate of drug-likeness (QED) is 0.624. The zero-order chi connectivity index (χ0) is 17.0. The first-order valence-corrected chi connectivity index (χ1v) is 8.43. The highest BCUT2D eigenvalue weighted by molar-refractivity contribution is 7.89. The molecule has 122 valence electrons. The minimum Gasteiger partial charge on any atom is -0.350 e. The Labute approximate surface area is 134 Å². The van der Waals surface area contributed by atoms with Crippen molar-refractivity contribution in [2.45, 2.75) is 18.2 Å². The molecule has 0 aromatic heterocycles. The fourth-order valence-electron chi connectivity index (χ4n) is 2.03. The molecule has 0 aliphatic rings. The summed E-state index contributed by atoms with van der Waals surface area (Å²) in [5.41, 5.74) is 1.77. The number of hydrogen-bond acceptors (Lipinski definition) is 5. The van der Waals surface area contributed by atoms with E-state index in [0.29, 0.717) is 5.69 Å². The van der Waals surface area contributed by atoms with Gasteiger partial charge in [-0.1, -0.05) is 19.1 Å². The fraction of sp³-hybridized carbons (Fsp3) is 0.200. The lowest BCUT2D eigenvalue weighted by molar-refractivity contribution is -0.384. The van der Waals surface area contributed by atoms with Crippen LogP contribution >= 0.6 is 0 Å². The highest BCUT2D eigenvalue weighted by Gasteiger charge is 2.20. The Hall–Kier alpha value is -2.45. The van der Waals surface area contributed by atoms with E-state index in [2.05, 4.69) is 10.0 Å². The summed E-state index contributed by atoms with van der Waals surface area (Å²) in [6.45, 7) is 2.04. The second-order valence-corrected chi connectivity index (χ2v) is 6.71. The number of anilines is 2. The summed E-state index contributed by atoms with van der Waals surface area (Å²) in [5.74, 6) is 0. The SMILES string of the molecule is CCc1ccc(Nc2ccc(S(=O)(=O)NC)cc2[N+](=O)[O-])cc1. The molecule has 0 unspecified atom stereocenters. The monoisotopic (exact) mass is 335 g/mol. The lowest BCUT2D eigenvalue weighted by Gasteiger charge is -2.09. The largest absolute Gasteiger partial charge is 0.350 e. The van der Waals surface area contributed by atoms with Crippen molar-refractivity contribution in [1.82, 2.24) is 4.72 Å². The Morgan fingerprint density at radius 1 is 1.13 bits per heavy atom. The van der Waals surface area contributed by atoms with Gasteiger partial charge in [0.15, 0.2) is 0 Å². The van der Waals surface area contributed by atoms with E-state index >= 15 is 0 Å². The van der Waals surface area contributed by atoms with Gasteiger partial charge in [0.05, 0.1) is 9.82 Å². The van der Waals surface area contributed by atoms with E-state index < -0.39 is 14.9 Å². The number of nitrogens with zero attached hydrogens (tertiary/aromatic N) is 1. The minimum absolute atomic E-state index is 0.154. The zero-order valence-electron chi connectivity index (χ0n) is 12.7.